The van der Waals surface area contributed by atoms with Gasteiger partial charge in [-0.25, -0.2) is 28.8 Å². The molecule has 0 amide bonds. The zero-order valence-corrected chi connectivity index (χ0v) is 15.1. The van der Waals surface area contributed by atoms with Gasteiger partial charge in [-0.3, -0.25) is 4.79 Å². The highest BCUT2D eigenvalue weighted by atomic mass is 16.6. The number of aliphatic carboxylic acids is 3. The molecular formula is C16H16O13. The zero-order chi connectivity index (χ0) is 22.7. The van der Waals surface area contributed by atoms with Crippen molar-refractivity contribution in [1.29, 1.82) is 0 Å². The van der Waals surface area contributed by atoms with Gasteiger partial charge in [-0.05, 0) is 13.8 Å². The lowest BCUT2D eigenvalue weighted by molar-refractivity contribution is -0.173. The number of rotatable bonds is 10. The maximum atomic E-state index is 11.9. The van der Waals surface area contributed by atoms with Gasteiger partial charge in [0.05, 0.1) is 6.42 Å². The molecule has 0 radical (unpaired) electrons. The van der Waals surface area contributed by atoms with Crippen LogP contribution in [-0.2, 0) is 47.8 Å². The fraction of sp³-hybridized carbons (Fsp3) is 0.312. The van der Waals surface area contributed by atoms with Crippen LogP contribution in [0.1, 0.15) is 20.3 Å². The minimum atomic E-state index is -1.99. The molecule has 1 atom stereocenters. The molecule has 0 aliphatic carbocycles. The number of carbonyl (C=O) groups excluding carboxylic acids is 4. The van der Waals surface area contributed by atoms with Crippen LogP contribution in [0.5, 0.6) is 0 Å². The number of carboxylic acid groups (broad SMARTS) is 3. The highest BCUT2D eigenvalue weighted by molar-refractivity contribution is 6.01. The average Bonchev–Trinajstić information content (AvgIpc) is 2.57. The third-order valence-electron chi connectivity index (χ3n) is 2.78. The summed E-state index contributed by atoms with van der Waals surface area (Å²) in [5.74, 6) is -10.2. The van der Waals surface area contributed by atoms with Crippen molar-refractivity contribution in [2.75, 3.05) is 6.61 Å². The van der Waals surface area contributed by atoms with E-state index in [4.69, 9.17) is 15.3 Å². The molecule has 158 valence electrons. The van der Waals surface area contributed by atoms with Gasteiger partial charge in [0.1, 0.15) is 6.61 Å². The second-order valence-electron chi connectivity index (χ2n) is 5.20. The van der Waals surface area contributed by atoms with Crippen LogP contribution in [0, 0.1) is 0 Å². The number of esters is 4. The Labute approximate surface area is 162 Å². The molecule has 13 nitrogen and oxygen atoms in total. The fourth-order valence-electron chi connectivity index (χ4n) is 1.39. The van der Waals surface area contributed by atoms with Gasteiger partial charge in [0.15, 0.2) is 6.10 Å². The third-order valence-corrected chi connectivity index (χ3v) is 2.78. The molecule has 1 unspecified atom stereocenters. The van der Waals surface area contributed by atoms with Crippen molar-refractivity contribution in [2.45, 2.75) is 26.4 Å². The van der Waals surface area contributed by atoms with E-state index in [1.54, 1.807) is 0 Å². The number of carboxylic acids is 3. The van der Waals surface area contributed by atoms with Crippen LogP contribution in [0.15, 0.2) is 23.3 Å². The van der Waals surface area contributed by atoms with Crippen molar-refractivity contribution < 1.29 is 63.1 Å². The van der Waals surface area contributed by atoms with Gasteiger partial charge in [-0.2, -0.15) is 0 Å². The smallest absolute Gasteiger partial charge is 0.343 e. The second kappa shape index (κ2) is 11.8. The third kappa shape index (κ3) is 10.8. The SMILES string of the molecule is C/C(=C/C(=O)OC(=O)CC(OCC(=O)O)C(=O)OC(=O)/C=C(/C)C(=O)O)C(=O)O. The van der Waals surface area contributed by atoms with Crippen LogP contribution >= 0.6 is 0 Å². The molecule has 0 bridgehead atoms. The number of hydrogen-bond acceptors (Lipinski definition) is 10. The summed E-state index contributed by atoms with van der Waals surface area (Å²) in [6.07, 6.45) is -2.12. The molecule has 0 aromatic carbocycles. The first-order chi connectivity index (χ1) is 13.3. The molecule has 0 aromatic heterocycles. The van der Waals surface area contributed by atoms with Crippen molar-refractivity contribution in [3.63, 3.8) is 0 Å². The van der Waals surface area contributed by atoms with E-state index in [9.17, 15) is 33.6 Å². The number of ether oxygens (including phenoxy) is 3. The van der Waals surface area contributed by atoms with E-state index >= 15 is 0 Å². The highest BCUT2D eigenvalue weighted by Gasteiger charge is 2.28. The van der Waals surface area contributed by atoms with Gasteiger partial charge >= 0.3 is 41.8 Å². The minimum Gasteiger partial charge on any atom is -0.480 e. The molecule has 3 N–H and O–H groups in total. The summed E-state index contributed by atoms with van der Waals surface area (Å²) in [6, 6.07) is 0. The van der Waals surface area contributed by atoms with Crippen LogP contribution in [0.3, 0.4) is 0 Å². The lowest BCUT2D eigenvalue weighted by atomic mass is 10.2. The van der Waals surface area contributed by atoms with Crippen LogP contribution in [-0.4, -0.2) is 69.8 Å². The van der Waals surface area contributed by atoms with E-state index in [-0.39, 0.29) is 0 Å². The first-order valence-corrected chi connectivity index (χ1v) is 7.50. The van der Waals surface area contributed by atoms with Gasteiger partial charge in [0, 0.05) is 23.3 Å². The topological polar surface area (TPSA) is 208 Å². The molecule has 0 aliphatic heterocycles. The summed E-state index contributed by atoms with van der Waals surface area (Å²) in [5, 5.41) is 25.8. The van der Waals surface area contributed by atoms with Crippen molar-refractivity contribution in [3.05, 3.63) is 23.3 Å². The van der Waals surface area contributed by atoms with Gasteiger partial charge < -0.3 is 29.5 Å². The van der Waals surface area contributed by atoms with Crippen molar-refractivity contribution in [2.24, 2.45) is 0 Å². The van der Waals surface area contributed by atoms with E-state index in [1.165, 1.54) is 0 Å². The molecule has 0 fully saturated rings. The predicted molar refractivity (Wildman–Crippen MR) is 87.0 cm³/mol. The quantitative estimate of drug-likeness (QED) is 0.223. The standard InChI is InChI=1S/C16H16O13/c1-7(14(22)23)3-11(19)28-13(21)5-9(27-6-10(17)18)16(26)29-12(20)4-8(2)15(24)25/h3-4,9H,5-6H2,1-2H3,(H,17,18)(H,22,23)(H,24,25)/b7-3-,8-4-. The van der Waals surface area contributed by atoms with Gasteiger partial charge in [0.2, 0.25) is 0 Å². The van der Waals surface area contributed by atoms with Crippen LogP contribution < -0.4 is 0 Å². The molecule has 0 spiro atoms. The molecule has 13 heteroatoms. The maximum absolute atomic E-state index is 11.9. The van der Waals surface area contributed by atoms with Crippen LogP contribution in [0.2, 0.25) is 0 Å². The fourth-order valence-corrected chi connectivity index (χ4v) is 1.39. The largest absolute Gasteiger partial charge is 0.480 e. The molecule has 0 heterocycles. The zero-order valence-electron chi connectivity index (χ0n) is 15.1. The Balaban J connectivity index is 5.15. The summed E-state index contributed by atoms with van der Waals surface area (Å²) in [6.45, 7) is 0.988. The Bertz CT molecular complexity index is 787. The van der Waals surface area contributed by atoms with Crippen LogP contribution in [0.4, 0.5) is 0 Å². The highest BCUT2D eigenvalue weighted by Crippen LogP contribution is 2.06. The Morgan fingerprint density at radius 2 is 1.24 bits per heavy atom. The Morgan fingerprint density at radius 1 is 0.793 bits per heavy atom. The Morgan fingerprint density at radius 3 is 1.66 bits per heavy atom. The number of hydrogen-bond donors (Lipinski definition) is 3. The normalized spacial score (nSPS) is 12.5. The average molecular weight is 416 g/mol. The van der Waals surface area contributed by atoms with E-state index in [0.717, 1.165) is 13.8 Å². The van der Waals surface area contributed by atoms with E-state index in [1.807, 2.05) is 0 Å². The lowest BCUT2D eigenvalue weighted by Gasteiger charge is -2.13. The second-order valence-corrected chi connectivity index (χ2v) is 5.20. The van der Waals surface area contributed by atoms with Crippen molar-refractivity contribution >= 4 is 41.8 Å². The number of carbonyl (C=O) groups is 7. The van der Waals surface area contributed by atoms with E-state index < -0.39 is 72.1 Å². The Kier molecular flexibility index (Phi) is 10.2. The van der Waals surface area contributed by atoms with Gasteiger partial charge in [-0.15, -0.1) is 0 Å². The summed E-state index contributed by atoms with van der Waals surface area (Å²) in [5.41, 5.74) is -0.927. The first-order valence-electron chi connectivity index (χ1n) is 7.50. The molecule has 0 saturated heterocycles. The monoisotopic (exact) mass is 416 g/mol. The summed E-state index contributed by atoms with van der Waals surface area (Å²) >= 11 is 0. The predicted octanol–water partition coefficient (Wildman–Crippen LogP) is -0.952. The van der Waals surface area contributed by atoms with E-state index in [2.05, 4.69) is 14.2 Å². The first kappa shape index (κ1) is 25.1. The molecule has 0 aromatic rings. The molecule has 29 heavy (non-hydrogen) atoms. The molecule has 0 aliphatic rings. The molecular weight excluding hydrogens is 400 g/mol. The maximum Gasteiger partial charge on any atom is 0.343 e. The van der Waals surface area contributed by atoms with Crippen molar-refractivity contribution in [3.8, 4) is 0 Å². The van der Waals surface area contributed by atoms with Gasteiger partial charge in [0.25, 0.3) is 0 Å². The lowest BCUT2D eigenvalue weighted by Crippen LogP contribution is -2.33. The molecule has 0 saturated carbocycles. The summed E-state index contributed by atoms with van der Waals surface area (Å²) in [4.78, 5) is 78.2. The summed E-state index contributed by atoms with van der Waals surface area (Å²) < 4.78 is 13.1. The van der Waals surface area contributed by atoms with Gasteiger partial charge in [-0.1, -0.05) is 0 Å². The minimum absolute atomic E-state index is 0.452. The summed E-state index contributed by atoms with van der Waals surface area (Å²) in [7, 11) is 0. The Hall–Kier alpha value is -3.87. The van der Waals surface area contributed by atoms with Crippen molar-refractivity contribution in [1.82, 2.24) is 0 Å². The van der Waals surface area contributed by atoms with E-state index in [0.29, 0.717) is 12.2 Å². The molecule has 0 rings (SSSR count). The van der Waals surface area contributed by atoms with Crippen LogP contribution in [0.25, 0.3) is 0 Å².